The highest BCUT2D eigenvalue weighted by Gasteiger charge is 2.32. The molecule has 124 valence electrons. The van der Waals surface area contributed by atoms with E-state index in [2.05, 4.69) is 4.72 Å². The van der Waals surface area contributed by atoms with E-state index in [9.17, 15) is 17.6 Å². The quantitative estimate of drug-likeness (QED) is 0.779. The largest absolute Gasteiger partial charge is 0.459 e. The van der Waals surface area contributed by atoms with Gasteiger partial charge in [-0.25, -0.2) is 17.5 Å². The molecule has 0 radical (unpaired) electrons. The Morgan fingerprint density at radius 2 is 1.86 bits per heavy atom. The number of hydrogen-bond acceptors (Lipinski definition) is 4. The standard InChI is InChI=1S/C15H22FNO4S/c1-11(16)14(21-12(2)18)10-15(3,4)17-22(19,20)13-8-6-5-7-9-13/h5-9,11,14,17H,10H2,1-4H3. The third kappa shape index (κ3) is 5.73. The van der Waals surface area contributed by atoms with Gasteiger partial charge in [0.25, 0.3) is 0 Å². The minimum absolute atomic E-state index is 0.0241. The van der Waals surface area contributed by atoms with Crippen molar-refractivity contribution in [1.29, 1.82) is 0 Å². The Hall–Kier alpha value is -1.47. The van der Waals surface area contributed by atoms with E-state index in [0.29, 0.717) is 0 Å². The number of nitrogens with one attached hydrogen (secondary N) is 1. The van der Waals surface area contributed by atoms with E-state index in [0.717, 1.165) is 0 Å². The molecule has 22 heavy (non-hydrogen) atoms. The SMILES string of the molecule is CC(=O)OC(CC(C)(C)NS(=O)(=O)c1ccccc1)C(C)F. The molecular weight excluding hydrogens is 309 g/mol. The minimum Gasteiger partial charge on any atom is -0.459 e. The van der Waals surface area contributed by atoms with Crippen LogP contribution in [0.5, 0.6) is 0 Å². The smallest absolute Gasteiger partial charge is 0.303 e. The summed E-state index contributed by atoms with van der Waals surface area (Å²) in [5.41, 5.74) is -0.977. The van der Waals surface area contributed by atoms with Crippen molar-refractivity contribution in [2.75, 3.05) is 0 Å². The molecule has 7 heteroatoms. The zero-order chi connectivity index (χ0) is 17.0. The van der Waals surface area contributed by atoms with Crippen molar-refractivity contribution in [3.8, 4) is 0 Å². The lowest BCUT2D eigenvalue weighted by atomic mass is 9.96. The van der Waals surface area contributed by atoms with Gasteiger partial charge in [-0.05, 0) is 32.9 Å². The summed E-state index contributed by atoms with van der Waals surface area (Å²) in [4.78, 5) is 11.1. The number of benzene rings is 1. The van der Waals surface area contributed by atoms with E-state index < -0.39 is 33.8 Å². The molecule has 0 saturated carbocycles. The van der Waals surface area contributed by atoms with Gasteiger partial charge in [0.2, 0.25) is 10.0 Å². The third-order valence-electron chi connectivity index (χ3n) is 3.01. The molecule has 0 fully saturated rings. The fourth-order valence-corrected chi connectivity index (χ4v) is 3.52. The number of esters is 1. The first-order valence-electron chi connectivity index (χ1n) is 6.94. The summed E-state index contributed by atoms with van der Waals surface area (Å²) in [6.07, 6.45) is -2.38. The number of carbonyl (C=O) groups excluding carboxylic acids is 1. The molecule has 0 aliphatic heterocycles. The third-order valence-corrected chi connectivity index (χ3v) is 4.72. The zero-order valence-corrected chi connectivity index (χ0v) is 14.0. The van der Waals surface area contributed by atoms with Crippen molar-refractivity contribution in [3.63, 3.8) is 0 Å². The fourth-order valence-electron chi connectivity index (χ4n) is 2.08. The molecule has 0 spiro atoms. The van der Waals surface area contributed by atoms with Crippen LogP contribution >= 0.6 is 0 Å². The van der Waals surface area contributed by atoms with Crippen LogP contribution in [0.4, 0.5) is 4.39 Å². The van der Waals surface area contributed by atoms with Crippen LogP contribution in [-0.2, 0) is 19.6 Å². The highest BCUT2D eigenvalue weighted by atomic mass is 32.2. The Bertz CT molecular complexity index is 599. The van der Waals surface area contributed by atoms with Crippen LogP contribution in [0.2, 0.25) is 0 Å². The summed E-state index contributed by atoms with van der Waals surface area (Å²) in [5.74, 6) is -0.601. The van der Waals surface area contributed by atoms with Crippen molar-refractivity contribution in [2.24, 2.45) is 0 Å². The molecule has 0 amide bonds. The molecular formula is C15H22FNO4S. The Balaban J connectivity index is 2.88. The Morgan fingerprint density at radius 3 is 2.32 bits per heavy atom. The van der Waals surface area contributed by atoms with Crippen LogP contribution < -0.4 is 4.72 Å². The number of sulfonamides is 1. The lowest BCUT2D eigenvalue weighted by Gasteiger charge is -2.30. The average molecular weight is 331 g/mol. The Kier molecular flexibility index (Phi) is 6.08. The van der Waals surface area contributed by atoms with Crippen LogP contribution in [0.3, 0.4) is 0 Å². The van der Waals surface area contributed by atoms with Gasteiger partial charge < -0.3 is 4.74 Å². The average Bonchev–Trinajstić information content (AvgIpc) is 2.36. The molecule has 0 saturated heterocycles. The topological polar surface area (TPSA) is 72.5 Å². The second-order valence-electron chi connectivity index (χ2n) is 5.83. The van der Waals surface area contributed by atoms with Crippen LogP contribution in [0, 0.1) is 0 Å². The normalized spacial score (nSPS) is 15.1. The van der Waals surface area contributed by atoms with Gasteiger partial charge in [-0.1, -0.05) is 18.2 Å². The van der Waals surface area contributed by atoms with Gasteiger partial charge in [0, 0.05) is 18.9 Å². The Morgan fingerprint density at radius 1 is 1.32 bits per heavy atom. The number of ether oxygens (including phenoxy) is 1. The second-order valence-corrected chi connectivity index (χ2v) is 7.51. The molecule has 0 aliphatic rings. The summed E-state index contributed by atoms with van der Waals surface area (Å²) < 4.78 is 45.6. The predicted molar refractivity (Wildman–Crippen MR) is 81.6 cm³/mol. The molecule has 1 aromatic carbocycles. The summed E-state index contributed by atoms with van der Waals surface area (Å²) >= 11 is 0. The van der Waals surface area contributed by atoms with Crippen molar-refractivity contribution in [2.45, 2.75) is 56.8 Å². The van der Waals surface area contributed by atoms with Crippen LogP contribution in [-0.4, -0.2) is 32.2 Å². The molecule has 0 aliphatic carbocycles. The van der Waals surface area contributed by atoms with Crippen LogP contribution in [0.15, 0.2) is 35.2 Å². The first-order valence-corrected chi connectivity index (χ1v) is 8.42. The summed E-state index contributed by atoms with van der Waals surface area (Å²) in [6.45, 7) is 5.70. The highest BCUT2D eigenvalue weighted by Crippen LogP contribution is 2.21. The van der Waals surface area contributed by atoms with Crippen molar-refractivity contribution in [1.82, 2.24) is 4.72 Å². The maximum absolute atomic E-state index is 13.6. The summed E-state index contributed by atoms with van der Waals surface area (Å²) in [7, 11) is -3.73. The molecule has 1 N–H and O–H groups in total. The monoisotopic (exact) mass is 331 g/mol. The fraction of sp³-hybridized carbons (Fsp3) is 0.533. The van der Waals surface area contributed by atoms with Gasteiger partial charge >= 0.3 is 5.97 Å². The lowest BCUT2D eigenvalue weighted by Crippen LogP contribution is -2.47. The molecule has 1 aromatic rings. The highest BCUT2D eigenvalue weighted by molar-refractivity contribution is 7.89. The van der Waals surface area contributed by atoms with Gasteiger partial charge in [-0.2, -0.15) is 0 Å². The van der Waals surface area contributed by atoms with E-state index in [4.69, 9.17) is 4.74 Å². The minimum atomic E-state index is -3.73. The van der Waals surface area contributed by atoms with Gasteiger partial charge in [-0.15, -0.1) is 0 Å². The van der Waals surface area contributed by atoms with E-state index in [1.807, 2.05) is 0 Å². The first-order chi connectivity index (χ1) is 10.0. The van der Waals surface area contributed by atoms with Gasteiger partial charge in [0.1, 0.15) is 12.3 Å². The molecule has 2 atom stereocenters. The van der Waals surface area contributed by atoms with Gasteiger partial charge in [-0.3, -0.25) is 4.79 Å². The first kappa shape index (κ1) is 18.6. The maximum atomic E-state index is 13.6. The zero-order valence-electron chi connectivity index (χ0n) is 13.2. The van der Waals surface area contributed by atoms with Crippen molar-refractivity contribution in [3.05, 3.63) is 30.3 Å². The second kappa shape index (κ2) is 7.19. The maximum Gasteiger partial charge on any atom is 0.303 e. The number of rotatable bonds is 7. The Labute approximate surface area is 130 Å². The van der Waals surface area contributed by atoms with Crippen LogP contribution in [0.25, 0.3) is 0 Å². The van der Waals surface area contributed by atoms with E-state index in [-0.39, 0.29) is 11.3 Å². The number of hydrogen-bond donors (Lipinski definition) is 1. The van der Waals surface area contributed by atoms with Crippen molar-refractivity contribution < 1.29 is 22.3 Å². The molecule has 0 aromatic heterocycles. The number of carbonyl (C=O) groups is 1. The summed E-state index contributed by atoms with van der Waals surface area (Å²) in [6, 6.07) is 7.89. The van der Waals surface area contributed by atoms with Crippen molar-refractivity contribution >= 4 is 16.0 Å². The molecule has 2 unspecified atom stereocenters. The van der Waals surface area contributed by atoms with Crippen LogP contribution in [0.1, 0.15) is 34.1 Å². The van der Waals surface area contributed by atoms with E-state index in [1.54, 1.807) is 32.0 Å². The number of halogens is 1. The number of alkyl halides is 1. The van der Waals surface area contributed by atoms with Gasteiger partial charge in [0.15, 0.2) is 0 Å². The lowest BCUT2D eigenvalue weighted by molar-refractivity contribution is -0.150. The predicted octanol–water partition coefficient (Wildman–Crippen LogP) is 2.42. The molecule has 1 rings (SSSR count). The van der Waals surface area contributed by atoms with Gasteiger partial charge in [0.05, 0.1) is 4.90 Å². The molecule has 5 nitrogen and oxygen atoms in total. The van der Waals surface area contributed by atoms with E-state index in [1.165, 1.54) is 26.0 Å². The summed E-state index contributed by atoms with van der Waals surface area (Å²) in [5, 5.41) is 0. The molecule has 0 bridgehead atoms. The molecule has 0 heterocycles. The van der Waals surface area contributed by atoms with E-state index >= 15 is 0 Å².